The van der Waals surface area contributed by atoms with Crippen LogP contribution in [0.5, 0.6) is 5.75 Å². The second-order valence-corrected chi connectivity index (χ2v) is 5.66. The molecule has 0 amide bonds. The predicted molar refractivity (Wildman–Crippen MR) is 81.3 cm³/mol. The van der Waals surface area contributed by atoms with E-state index in [0.29, 0.717) is 5.92 Å². The van der Waals surface area contributed by atoms with E-state index in [0.717, 1.165) is 25.3 Å². The van der Waals surface area contributed by atoms with Crippen LogP contribution in [0.15, 0.2) is 22.7 Å². The maximum atomic E-state index is 5.26. The van der Waals surface area contributed by atoms with Gasteiger partial charge in [0.25, 0.3) is 0 Å². The Hall–Kier alpha value is -0.540. The van der Waals surface area contributed by atoms with Crippen LogP contribution >= 0.6 is 15.9 Å². The van der Waals surface area contributed by atoms with Crippen molar-refractivity contribution in [2.45, 2.75) is 33.1 Å². The van der Waals surface area contributed by atoms with Gasteiger partial charge in [-0.3, -0.25) is 0 Å². The topological polar surface area (TPSA) is 21.3 Å². The average molecular weight is 314 g/mol. The molecule has 1 aromatic carbocycles. The Morgan fingerprint density at radius 2 is 2.17 bits per heavy atom. The summed E-state index contributed by atoms with van der Waals surface area (Å²) >= 11 is 3.60. The number of benzene rings is 1. The van der Waals surface area contributed by atoms with Crippen LogP contribution in [0, 0.1) is 5.92 Å². The fraction of sp³-hybridized carbons (Fsp3) is 0.600. The minimum Gasteiger partial charge on any atom is -0.497 e. The lowest BCUT2D eigenvalue weighted by Gasteiger charge is -2.13. The monoisotopic (exact) mass is 313 g/mol. The zero-order chi connectivity index (χ0) is 13.4. The first-order valence-corrected chi connectivity index (χ1v) is 7.49. The minimum absolute atomic E-state index is 0.703. The van der Waals surface area contributed by atoms with Gasteiger partial charge in [0.05, 0.1) is 7.11 Å². The molecule has 0 radical (unpaired) electrons. The van der Waals surface area contributed by atoms with Crippen LogP contribution in [-0.4, -0.2) is 20.2 Å². The predicted octanol–water partition coefficient (Wildman–Crippen LogP) is 4.03. The second-order valence-electron chi connectivity index (χ2n) is 4.81. The molecule has 1 atom stereocenters. The average Bonchev–Trinajstić information content (AvgIpc) is 2.38. The van der Waals surface area contributed by atoms with Gasteiger partial charge in [-0.1, -0.05) is 29.8 Å². The number of nitrogens with one attached hydrogen (secondary N) is 1. The van der Waals surface area contributed by atoms with Crippen molar-refractivity contribution >= 4 is 15.9 Å². The number of methoxy groups -OCH3 is 1. The number of rotatable bonds is 8. The third-order valence-electron chi connectivity index (χ3n) is 3.08. The molecule has 0 bridgehead atoms. The van der Waals surface area contributed by atoms with E-state index in [-0.39, 0.29) is 0 Å². The molecule has 0 saturated heterocycles. The van der Waals surface area contributed by atoms with Crippen molar-refractivity contribution in [1.29, 1.82) is 0 Å². The lowest BCUT2D eigenvalue weighted by molar-refractivity contribution is 0.413. The Morgan fingerprint density at radius 3 is 2.83 bits per heavy atom. The Morgan fingerprint density at radius 1 is 1.39 bits per heavy atom. The zero-order valence-corrected chi connectivity index (χ0v) is 13.2. The summed E-state index contributed by atoms with van der Waals surface area (Å²) in [5.74, 6) is 1.64. The molecule has 0 heterocycles. The number of ether oxygens (including phenoxy) is 1. The normalized spacial score (nSPS) is 12.4. The van der Waals surface area contributed by atoms with E-state index in [4.69, 9.17) is 4.74 Å². The summed E-state index contributed by atoms with van der Waals surface area (Å²) in [7, 11) is 1.71. The Balaban J connectivity index is 2.42. The van der Waals surface area contributed by atoms with E-state index in [1.165, 1.54) is 22.9 Å². The maximum absolute atomic E-state index is 5.26. The molecule has 0 aliphatic heterocycles. The summed E-state index contributed by atoms with van der Waals surface area (Å²) in [5, 5.41) is 3.47. The lowest BCUT2D eigenvalue weighted by Crippen LogP contribution is -2.22. The standard InChI is InChI=1S/C15H24BrNO/c1-4-9-17-11-12(2)5-6-13-10-14(18-3)7-8-15(13)16/h7-8,10,12,17H,4-6,9,11H2,1-3H3. The van der Waals surface area contributed by atoms with Crippen LogP contribution in [0.1, 0.15) is 32.3 Å². The van der Waals surface area contributed by atoms with Crippen LogP contribution < -0.4 is 10.1 Å². The van der Waals surface area contributed by atoms with Crippen molar-refractivity contribution in [1.82, 2.24) is 5.32 Å². The van der Waals surface area contributed by atoms with E-state index in [2.05, 4.69) is 47.2 Å². The van der Waals surface area contributed by atoms with Crippen LogP contribution in [0.2, 0.25) is 0 Å². The number of halogens is 1. The van der Waals surface area contributed by atoms with E-state index in [1.807, 2.05) is 6.07 Å². The maximum Gasteiger partial charge on any atom is 0.119 e. The summed E-state index contributed by atoms with van der Waals surface area (Å²) in [6.45, 7) is 6.73. The van der Waals surface area contributed by atoms with Crippen molar-refractivity contribution in [2.24, 2.45) is 5.92 Å². The van der Waals surface area contributed by atoms with Crippen LogP contribution in [-0.2, 0) is 6.42 Å². The highest BCUT2D eigenvalue weighted by Gasteiger charge is 2.06. The van der Waals surface area contributed by atoms with Crippen molar-refractivity contribution in [3.8, 4) is 5.75 Å². The van der Waals surface area contributed by atoms with E-state index >= 15 is 0 Å². The van der Waals surface area contributed by atoms with Crippen LogP contribution in [0.3, 0.4) is 0 Å². The van der Waals surface area contributed by atoms with Gasteiger partial charge in [-0.15, -0.1) is 0 Å². The Bertz CT molecular complexity index is 354. The SMILES string of the molecule is CCCNCC(C)CCc1cc(OC)ccc1Br. The van der Waals surface area contributed by atoms with Gasteiger partial charge in [-0.25, -0.2) is 0 Å². The molecule has 2 nitrogen and oxygen atoms in total. The molecular formula is C15H24BrNO. The van der Waals surface area contributed by atoms with Gasteiger partial charge in [0.15, 0.2) is 0 Å². The quantitative estimate of drug-likeness (QED) is 0.732. The fourth-order valence-corrected chi connectivity index (χ4v) is 2.34. The van der Waals surface area contributed by atoms with Gasteiger partial charge in [-0.2, -0.15) is 0 Å². The third kappa shape index (κ3) is 5.40. The highest BCUT2D eigenvalue weighted by Crippen LogP contribution is 2.24. The van der Waals surface area contributed by atoms with Crippen LogP contribution in [0.4, 0.5) is 0 Å². The van der Waals surface area contributed by atoms with Gasteiger partial charge in [0, 0.05) is 4.47 Å². The van der Waals surface area contributed by atoms with Crippen molar-refractivity contribution in [3.63, 3.8) is 0 Å². The van der Waals surface area contributed by atoms with E-state index < -0.39 is 0 Å². The van der Waals surface area contributed by atoms with E-state index in [1.54, 1.807) is 7.11 Å². The summed E-state index contributed by atoms with van der Waals surface area (Å²) in [5.41, 5.74) is 1.33. The smallest absolute Gasteiger partial charge is 0.119 e. The Kier molecular flexibility index (Phi) is 7.36. The molecule has 1 rings (SSSR count). The molecule has 0 saturated carbocycles. The molecule has 18 heavy (non-hydrogen) atoms. The summed E-state index contributed by atoms with van der Waals surface area (Å²) < 4.78 is 6.44. The number of hydrogen-bond donors (Lipinski definition) is 1. The highest BCUT2D eigenvalue weighted by atomic mass is 79.9. The van der Waals surface area contributed by atoms with Gasteiger partial charge < -0.3 is 10.1 Å². The summed E-state index contributed by atoms with van der Waals surface area (Å²) in [6, 6.07) is 6.17. The summed E-state index contributed by atoms with van der Waals surface area (Å²) in [4.78, 5) is 0. The first kappa shape index (κ1) is 15.5. The first-order chi connectivity index (χ1) is 8.67. The molecule has 0 fully saturated rings. The molecule has 3 heteroatoms. The zero-order valence-electron chi connectivity index (χ0n) is 11.6. The molecular weight excluding hydrogens is 290 g/mol. The largest absolute Gasteiger partial charge is 0.497 e. The lowest BCUT2D eigenvalue weighted by atomic mass is 10.0. The minimum atomic E-state index is 0.703. The van der Waals surface area contributed by atoms with Crippen LogP contribution in [0.25, 0.3) is 0 Å². The Labute approximate surface area is 119 Å². The molecule has 0 aliphatic rings. The molecule has 0 spiro atoms. The van der Waals surface area contributed by atoms with Gasteiger partial charge in [0.2, 0.25) is 0 Å². The second kappa shape index (κ2) is 8.54. The molecule has 1 aromatic rings. The van der Waals surface area contributed by atoms with Gasteiger partial charge >= 0.3 is 0 Å². The van der Waals surface area contributed by atoms with Gasteiger partial charge in [0.1, 0.15) is 5.75 Å². The number of hydrogen-bond acceptors (Lipinski definition) is 2. The van der Waals surface area contributed by atoms with Crippen molar-refractivity contribution in [3.05, 3.63) is 28.2 Å². The van der Waals surface area contributed by atoms with E-state index in [9.17, 15) is 0 Å². The number of aryl methyl sites for hydroxylation is 1. The highest BCUT2D eigenvalue weighted by molar-refractivity contribution is 9.10. The molecule has 1 unspecified atom stereocenters. The molecule has 1 N–H and O–H groups in total. The molecule has 0 aliphatic carbocycles. The summed E-state index contributed by atoms with van der Waals surface area (Å²) in [6.07, 6.45) is 3.49. The third-order valence-corrected chi connectivity index (χ3v) is 3.85. The fourth-order valence-electron chi connectivity index (χ4n) is 1.90. The van der Waals surface area contributed by atoms with Crippen molar-refractivity contribution in [2.75, 3.05) is 20.2 Å². The van der Waals surface area contributed by atoms with Crippen molar-refractivity contribution < 1.29 is 4.74 Å². The molecule has 0 aromatic heterocycles. The first-order valence-electron chi connectivity index (χ1n) is 6.70. The molecule has 102 valence electrons. The van der Waals surface area contributed by atoms with Gasteiger partial charge in [-0.05, 0) is 62.0 Å².